The number of carbonyl (C=O) groups is 1. The van der Waals surface area contributed by atoms with Crippen LogP contribution in [-0.2, 0) is 4.74 Å². The lowest BCUT2D eigenvalue weighted by Gasteiger charge is -2.38. The molecule has 1 saturated carbocycles. The topological polar surface area (TPSA) is 67.6 Å². The molecule has 2 aliphatic rings. The van der Waals surface area contributed by atoms with Crippen molar-refractivity contribution in [2.75, 3.05) is 19.6 Å². The van der Waals surface area contributed by atoms with Gasteiger partial charge in [-0.2, -0.15) is 0 Å². The third kappa shape index (κ3) is 2.65. The van der Waals surface area contributed by atoms with Gasteiger partial charge in [-0.05, 0) is 26.2 Å². The molecule has 2 unspecified atom stereocenters. The number of carbonyl (C=O) groups excluding carboxylic acids is 1. The van der Waals surface area contributed by atoms with Gasteiger partial charge in [-0.3, -0.25) is 0 Å². The second-order valence-electron chi connectivity index (χ2n) is 4.79. The summed E-state index contributed by atoms with van der Waals surface area (Å²) in [6, 6.07) is 0.431. The molecule has 2 atom stereocenters. The normalized spacial score (nSPS) is 31.0. The molecule has 0 bridgehead atoms. The molecule has 2 rings (SSSR count). The minimum atomic E-state index is -0.0177. The number of nitrogens with two attached hydrogens (primary N) is 1. The fourth-order valence-electron chi connectivity index (χ4n) is 2.16. The summed E-state index contributed by atoms with van der Waals surface area (Å²) in [6.07, 6.45) is 3.53. The number of rotatable bonds is 2. The SMILES string of the molecule is CC1CN(C(=O)NC2CCC2)CC(CN)O1. The predicted molar refractivity (Wildman–Crippen MR) is 61.1 cm³/mol. The minimum absolute atomic E-state index is 0.0177. The number of hydrogen-bond acceptors (Lipinski definition) is 3. The van der Waals surface area contributed by atoms with Crippen molar-refractivity contribution in [1.82, 2.24) is 10.2 Å². The molecule has 92 valence electrons. The third-order valence-corrected chi connectivity index (χ3v) is 3.31. The summed E-state index contributed by atoms with van der Waals surface area (Å²) in [6.45, 7) is 3.72. The summed E-state index contributed by atoms with van der Waals surface area (Å²) in [5.74, 6) is 0. The molecule has 0 radical (unpaired) electrons. The first-order chi connectivity index (χ1) is 7.69. The van der Waals surface area contributed by atoms with Gasteiger partial charge in [0.2, 0.25) is 0 Å². The Bertz CT molecular complexity index is 256. The zero-order chi connectivity index (χ0) is 11.5. The molecule has 5 nitrogen and oxygen atoms in total. The Hall–Kier alpha value is -0.810. The van der Waals surface area contributed by atoms with Crippen LogP contribution in [0.15, 0.2) is 0 Å². The standard InChI is InChI=1S/C11H21N3O2/c1-8-6-14(7-10(5-12)16-8)11(15)13-9-3-2-4-9/h8-10H,2-7,12H2,1H3,(H,13,15). The Morgan fingerprint density at radius 1 is 1.50 bits per heavy atom. The summed E-state index contributed by atoms with van der Waals surface area (Å²) in [7, 11) is 0. The van der Waals surface area contributed by atoms with Crippen LogP contribution in [0.5, 0.6) is 0 Å². The van der Waals surface area contributed by atoms with Gasteiger partial charge in [0.05, 0.1) is 12.2 Å². The Morgan fingerprint density at radius 3 is 2.81 bits per heavy atom. The monoisotopic (exact) mass is 227 g/mol. The van der Waals surface area contributed by atoms with Gasteiger partial charge in [0.1, 0.15) is 0 Å². The highest BCUT2D eigenvalue weighted by atomic mass is 16.5. The summed E-state index contributed by atoms with van der Waals surface area (Å²) < 4.78 is 5.61. The molecule has 0 aromatic rings. The number of amides is 2. The van der Waals surface area contributed by atoms with Crippen molar-refractivity contribution in [2.24, 2.45) is 5.73 Å². The molecule has 0 aromatic heterocycles. The van der Waals surface area contributed by atoms with Gasteiger partial charge < -0.3 is 20.7 Å². The van der Waals surface area contributed by atoms with Gasteiger partial charge in [-0.25, -0.2) is 4.79 Å². The number of hydrogen-bond donors (Lipinski definition) is 2. The number of nitrogens with one attached hydrogen (secondary N) is 1. The van der Waals surface area contributed by atoms with Crippen LogP contribution in [0.4, 0.5) is 4.79 Å². The van der Waals surface area contributed by atoms with Gasteiger partial charge in [-0.15, -0.1) is 0 Å². The molecule has 0 aromatic carbocycles. The molecule has 0 spiro atoms. The largest absolute Gasteiger partial charge is 0.370 e. The van der Waals surface area contributed by atoms with Crippen LogP contribution in [0.25, 0.3) is 0 Å². The van der Waals surface area contributed by atoms with Gasteiger partial charge >= 0.3 is 6.03 Å². The molecular weight excluding hydrogens is 206 g/mol. The van der Waals surface area contributed by atoms with Gasteiger partial charge in [-0.1, -0.05) is 0 Å². The van der Waals surface area contributed by atoms with E-state index in [9.17, 15) is 4.79 Å². The van der Waals surface area contributed by atoms with Crippen LogP contribution in [0.1, 0.15) is 26.2 Å². The lowest BCUT2D eigenvalue weighted by atomic mass is 9.93. The van der Waals surface area contributed by atoms with Crippen LogP contribution in [0.2, 0.25) is 0 Å². The highest BCUT2D eigenvalue weighted by molar-refractivity contribution is 5.74. The van der Waals surface area contributed by atoms with E-state index in [1.54, 1.807) is 0 Å². The summed E-state index contributed by atoms with van der Waals surface area (Å²) >= 11 is 0. The zero-order valence-corrected chi connectivity index (χ0v) is 9.82. The molecule has 1 aliphatic heterocycles. The number of ether oxygens (including phenoxy) is 1. The predicted octanol–water partition coefficient (Wildman–Crippen LogP) is 0.297. The quantitative estimate of drug-likeness (QED) is 0.713. The van der Waals surface area contributed by atoms with E-state index >= 15 is 0 Å². The average molecular weight is 227 g/mol. The van der Waals surface area contributed by atoms with Gasteiger partial charge in [0.25, 0.3) is 0 Å². The maximum Gasteiger partial charge on any atom is 0.317 e. The molecule has 2 fully saturated rings. The summed E-state index contributed by atoms with van der Waals surface area (Å²) in [5.41, 5.74) is 5.58. The first-order valence-electron chi connectivity index (χ1n) is 6.10. The van der Waals surface area contributed by atoms with E-state index in [2.05, 4.69) is 5.32 Å². The Kier molecular flexibility index (Phi) is 3.66. The van der Waals surface area contributed by atoms with Gasteiger partial charge in [0.15, 0.2) is 0 Å². The molecule has 1 aliphatic carbocycles. The minimum Gasteiger partial charge on any atom is -0.370 e. The van der Waals surface area contributed by atoms with Crippen molar-refractivity contribution in [2.45, 2.75) is 44.4 Å². The molecule has 3 N–H and O–H groups in total. The number of morpholine rings is 1. The third-order valence-electron chi connectivity index (χ3n) is 3.31. The van der Waals surface area contributed by atoms with E-state index in [0.717, 1.165) is 12.8 Å². The highest BCUT2D eigenvalue weighted by Gasteiger charge is 2.29. The van der Waals surface area contributed by atoms with E-state index in [1.807, 2.05) is 11.8 Å². The molecule has 2 amide bonds. The van der Waals surface area contributed by atoms with Crippen molar-refractivity contribution >= 4 is 6.03 Å². The van der Waals surface area contributed by atoms with Gasteiger partial charge in [0, 0.05) is 25.7 Å². The first-order valence-corrected chi connectivity index (χ1v) is 6.10. The van der Waals surface area contributed by atoms with Crippen molar-refractivity contribution in [3.05, 3.63) is 0 Å². The Morgan fingerprint density at radius 2 is 2.25 bits per heavy atom. The van der Waals surface area contributed by atoms with Crippen molar-refractivity contribution in [3.8, 4) is 0 Å². The van der Waals surface area contributed by atoms with E-state index in [-0.39, 0.29) is 18.2 Å². The van der Waals surface area contributed by atoms with E-state index in [0.29, 0.717) is 25.7 Å². The first kappa shape index (κ1) is 11.7. The maximum absolute atomic E-state index is 11.9. The lowest BCUT2D eigenvalue weighted by Crippen LogP contribution is -2.56. The maximum atomic E-state index is 11.9. The van der Waals surface area contributed by atoms with Crippen LogP contribution in [0.3, 0.4) is 0 Å². The van der Waals surface area contributed by atoms with Crippen LogP contribution >= 0.6 is 0 Å². The molecule has 1 heterocycles. The van der Waals surface area contributed by atoms with Crippen molar-refractivity contribution in [1.29, 1.82) is 0 Å². The van der Waals surface area contributed by atoms with Crippen molar-refractivity contribution in [3.63, 3.8) is 0 Å². The average Bonchev–Trinajstić information content (AvgIpc) is 2.22. The Balaban J connectivity index is 1.84. The number of urea groups is 1. The second-order valence-corrected chi connectivity index (χ2v) is 4.79. The molecular formula is C11H21N3O2. The fourth-order valence-corrected chi connectivity index (χ4v) is 2.16. The molecule has 1 saturated heterocycles. The van der Waals surface area contributed by atoms with E-state index < -0.39 is 0 Å². The summed E-state index contributed by atoms with van der Waals surface area (Å²) in [4.78, 5) is 13.8. The lowest BCUT2D eigenvalue weighted by molar-refractivity contribution is -0.0592. The smallest absolute Gasteiger partial charge is 0.317 e. The van der Waals surface area contributed by atoms with Crippen LogP contribution < -0.4 is 11.1 Å². The van der Waals surface area contributed by atoms with Crippen molar-refractivity contribution < 1.29 is 9.53 Å². The summed E-state index contributed by atoms with van der Waals surface area (Å²) in [5, 5.41) is 3.04. The Labute approximate surface area is 96.3 Å². The van der Waals surface area contributed by atoms with Crippen LogP contribution in [-0.4, -0.2) is 48.8 Å². The molecule has 16 heavy (non-hydrogen) atoms. The second kappa shape index (κ2) is 5.01. The van der Waals surface area contributed by atoms with Crippen LogP contribution in [0, 0.1) is 0 Å². The number of nitrogens with zero attached hydrogens (tertiary/aromatic N) is 1. The zero-order valence-electron chi connectivity index (χ0n) is 9.82. The fraction of sp³-hybridized carbons (Fsp3) is 0.909. The van der Waals surface area contributed by atoms with E-state index in [1.165, 1.54) is 6.42 Å². The molecule has 5 heteroatoms. The van der Waals surface area contributed by atoms with E-state index in [4.69, 9.17) is 10.5 Å². The highest BCUT2D eigenvalue weighted by Crippen LogP contribution is 2.19.